The first kappa shape index (κ1) is 12.9. The summed E-state index contributed by atoms with van der Waals surface area (Å²) in [5.74, 6) is 1.16. The first-order valence-corrected chi connectivity index (χ1v) is 7.48. The van der Waals surface area contributed by atoms with Crippen LogP contribution in [0, 0.1) is 12.3 Å². The summed E-state index contributed by atoms with van der Waals surface area (Å²) in [4.78, 5) is 7.16. The van der Waals surface area contributed by atoms with Gasteiger partial charge in [-0.2, -0.15) is 0 Å². The van der Waals surface area contributed by atoms with Crippen LogP contribution < -0.4 is 10.2 Å². The minimum absolute atomic E-state index is 0.428. The van der Waals surface area contributed by atoms with Gasteiger partial charge >= 0.3 is 0 Å². The van der Waals surface area contributed by atoms with E-state index in [2.05, 4.69) is 43.1 Å². The molecule has 0 unspecified atom stereocenters. The van der Waals surface area contributed by atoms with Gasteiger partial charge in [-0.25, -0.2) is 4.98 Å². The van der Waals surface area contributed by atoms with Gasteiger partial charge in [0.25, 0.3) is 0 Å². The van der Waals surface area contributed by atoms with Crippen molar-refractivity contribution in [2.75, 3.05) is 18.0 Å². The van der Waals surface area contributed by atoms with E-state index in [1.807, 2.05) is 0 Å². The summed E-state index contributed by atoms with van der Waals surface area (Å²) in [5, 5.41) is 3.59. The SMILES string of the molecule is Cc1cc(CNC2CC2)cc(N2CCC(C)(C)C2)n1. The van der Waals surface area contributed by atoms with Crippen LogP contribution in [0.25, 0.3) is 0 Å². The number of hydrogen-bond acceptors (Lipinski definition) is 3. The molecule has 0 amide bonds. The first-order valence-electron chi connectivity index (χ1n) is 7.48. The molecule has 1 aromatic heterocycles. The number of pyridine rings is 1. The average molecular weight is 259 g/mol. The molecule has 1 aliphatic carbocycles. The number of nitrogens with zero attached hydrogens (tertiary/aromatic N) is 2. The molecule has 104 valence electrons. The van der Waals surface area contributed by atoms with Crippen molar-refractivity contribution in [3.8, 4) is 0 Å². The Bertz CT molecular complexity index is 463. The largest absolute Gasteiger partial charge is 0.356 e. The molecular formula is C16H25N3. The topological polar surface area (TPSA) is 28.2 Å². The third-order valence-electron chi connectivity index (χ3n) is 4.17. The molecule has 19 heavy (non-hydrogen) atoms. The third kappa shape index (κ3) is 3.27. The summed E-state index contributed by atoms with van der Waals surface area (Å²) in [6, 6.07) is 5.24. The fourth-order valence-electron chi connectivity index (χ4n) is 2.84. The predicted octanol–water partition coefficient (Wildman–Crippen LogP) is 2.88. The van der Waals surface area contributed by atoms with Gasteiger partial charge in [0.1, 0.15) is 5.82 Å². The zero-order chi connectivity index (χ0) is 13.5. The van der Waals surface area contributed by atoms with Gasteiger partial charge in [0.05, 0.1) is 0 Å². The van der Waals surface area contributed by atoms with Gasteiger partial charge < -0.3 is 10.2 Å². The van der Waals surface area contributed by atoms with E-state index in [1.54, 1.807) is 0 Å². The lowest BCUT2D eigenvalue weighted by atomic mass is 9.93. The fourth-order valence-corrected chi connectivity index (χ4v) is 2.84. The van der Waals surface area contributed by atoms with Crippen LogP contribution >= 0.6 is 0 Å². The third-order valence-corrected chi connectivity index (χ3v) is 4.17. The highest BCUT2D eigenvalue weighted by atomic mass is 15.2. The molecule has 3 nitrogen and oxygen atoms in total. The van der Waals surface area contributed by atoms with Gasteiger partial charge in [0.2, 0.25) is 0 Å². The van der Waals surface area contributed by atoms with Crippen molar-refractivity contribution in [1.29, 1.82) is 0 Å². The summed E-state index contributed by atoms with van der Waals surface area (Å²) in [7, 11) is 0. The van der Waals surface area contributed by atoms with Crippen LogP contribution in [0.1, 0.15) is 44.4 Å². The summed E-state index contributed by atoms with van der Waals surface area (Å²) in [6.45, 7) is 10.0. The fraction of sp³-hybridized carbons (Fsp3) is 0.688. The van der Waals surface area contributed by atoms with Gasteiger partial charge in [0, 0.05) is 31.4 Å². The van der Waals surface area contributed by atoms with Crippen LogP contribution in [0.3, 0.4) is 0 Å². The lowest BCUT2D eigenvalue weighted by molar-refractivity contribution is 0.418. The Morgan fingerprint density at radius 1 is 1.37 bits per heavy atom. The summed E-state index contributed by atoms with van der Waals surface area (Å²) >= 11 is 0. The summed E-state index contributed by atoms with van der Waals surface area (Å²) in [6.07, 6.45) is 3.95. The molecule has 1 aliphatic heterocycles. The molecule has 0 aromatic carbocycles. The zero-order valence-corrected chi connectivity index (χ0v) is 12.4. The van der Waals surface area contributed by atoms with E-state index < -0.39 is 0 Å². The van der Waals surface area contributed by atoms with E-state index in [-0.39, 0.29) is 0 Å². The number of aromatic nitrogens is 1. The van der Waals surface area contributed by atoms with E-state index >= 15 is 0 Å². The lowest BCUT2D eigenvalue weighted by Gasteiger charge is -2.21. The monoisotopic (exact) mass is 259 g/mol. The molecule has 1 saturated carbocycles. The smallest absolute Gasteiger partial charge is 0.129 e. The molecule has 0 radical (unpaired) electrons. The van der Waals surface area contributed by atoms with Gasteiger partial charge in [-0.15, -0.1) is 0 Å². The molecular weight excluding hydrogens is 234 g/mol. The van der Waals surface area contributed by atoms with E-state index in [9.17, 15) is 0 Å². The summed E-state index contributed by atoms with van der Waals surface area (Å²) in [5.41, 5.74) is 2.94. The quantitative estimate of drug-likeness (QED) is 0.901. The normalized spacial score (nSPS) is 21.9. The molecule has 1 N–H and O–H groups in total. The number of rotatable bonds is 4. The Morgan fingerprint density at radius 3 is 2.79 bits per heavy atom. The number of hydrogen-bond donors (Lipinski definition) is 1. The molecule has 3 heteroatoms. The second-order valence-corrected chi connectivity index (χ2v) is 6.97. The predicted molar refractivity (Wildman–Crippen MR) is 79.4 cm³/mol. The van der Waals surface area contributed by atoms with Gasteiger partial charge in [-0.3, -0.25) is 0 Å². The zero-order valence-electron chi connectivity index (χ0n) is 12.4. The van der Waals surface area contributed by atoms with Crippen LogP contribution in [-0.2, 0) is 6.54 Å². The number of aryl methyl sites for hydroxylation is 1. The average Bonchev–Trinajstić information content (AvgIpc) is 3.09. The second-order valence-electron chi connectivity index (χ2n) is 6.97. The number of nitrogens with one attached hydrogen (secondary N) is 1. The Balaban J connectivity index is 1.73. The van der Waals surface area contributed by atoms with Crippen LogP contribution in [-0.4, -0.2) is 24.1 Å². The molecule has 2 aliphatic rings. The van der Waals surface area contributed by atoms with Crippen molar-refractivity contribution in [3.63, 3.8) is 0 Å². The van der Waals surface area contributed by atoms with Crippen molar-refractivity contribution in [3.05, 3.63) is 23.4 Å². The molecule has 0 spiro atoms. The van der Waals surface area contributed by atoms with E-state index in [0.717, 1.165) is 37.2 Å². The number of anilines is 1. The van der Waals surface area contributed by atoms with Crippen molar-refractivity contribution < 1.29 is 0 Å². The Morgan fingerprint density at radius 2 is 2.16 bits per heavy atom. The van der Waals surface area contributed by atoms with E-state index in [4.69, 9.17) is 4.98 Å². The maximum atomic E-state index is 4.72. The van der Waals surface area contributed by atoms with Crippen LogP contribution in [0.15, 0.2) is 12.1 Å². The standard InChI is InChI=1S/C16H25N3/c1-12-8-13(10-17-14-4-5-14)9-15(18-12)19-7-6-16(2,3)11-19/h8-9,14,17H,4-7,10-11H2,1-3H3. The molecule has 1 aromatic rings. The lowest BCUT2D eigenvalue weighted by Crippen LogP contribution is -2.24. The Kier molecular flexibility index (Phi) is 3.25. The molecule has 0 atom stereocenters. The second kappa shape index (κ2) is 4.78. The molecule has 0 bridgehead atoms. The van der Waals surface area contributed by atoms with Crippen molar-refractivity contribution in [1.82, 2.24) is 10.3 Å². The van der Waals surface area contributed by atoms with E-state index in [0.29, 0.717) is 5.41 Å². The van der Waals surface area contributed by atoms with Gasteiger partial charge in [-0.05, 0) is 49.3 Å². The highest BCUT2D eigenvalue weighted by molar-refractivity contribution is 5.44. The molecule has 2 heterocycles. The van der Waals surface area contributed by atoms with Gasteiger partial charge in [0.15, 0.2) is 0 Å². The molecule has 2 fully saturated rings. The van der Waals surface area contributed by atoms with Crippen LogP contribution in [0.5, 0.6) is 0 Å². The summed E-state index contributed by atoms with van der Waals surface area (Å²) < 4.78 is 0. The minimum atomic E-state index is 0.428. The Hall–Kier alpha value is -1.09. The minimum Gasteiger partial charge on any atom is -0.356 e. The van der Waals surface area contributed by atoms with Crippen molar-refractivity contribution in [2.45, 2.75) is 52.6 Å². The molecule has 3 rings (SSSR count). The van der Waals surface area contributed by atoms with Crippen molar-refractivity contribution in [2.24, 2.45) is 5.41 Å². The van der Waals surface area contributed by atoms with E-state index in [1.165, 1.54) is 24.8 Å². The molecule has 1 saturated heterocycles. The van der Waals surface area contributed by atoms with Crippen LogP contribution in [0.2, 0.25) is 0 Å². The highest BCUT2D eigenvalue weighted by Crippen LogP contribution is 2.32. The van der Waals surface area contributed by atoms with Crippen molar-refractivity contribution >= 4 is 5.82 Å². The Labute approximate surface area is 116 Å². The maximum absolute atomic E-state index is 4.72. The maximum Gasteiger partial charge on any atom is 0.129 e. The van der Waals surface area contributed by atoms with Crippen LogP contribution in [0.4, 0.5) is 5.82 Å². The highest BCUT2D eigenvalue weighted by Gasteiger charge is 2.30. The first-order chi connectivity index (χ1) is 9.02. The van der Waals surface area contributed by atoms with Gasteiger partial charge in [-0.1, -0.05) is 13.8 Å².